The minimum atomic E-state index is -2.64. The normalized spacial score (nSPS) is 26.6. The lowest BCUT2D eigenvalue weighted by molar-refractivity contribution is -0.125. The van der Waals surface area contributed by atoms with E-state index in [0.717, 1.165) is 32.1 Å². The number of hydrogen-bond donors (Lipinski definition) is 3. The molecule has 4 atom stereocenters. The summed E-state index contributed by atoms with van der Waals surface area (Å²) in [5.74, 6) is 0.162. The molecule has 0 bridgehead atoms. The summed E-state index contributed by atoms with van der Waals surface area (Å²) in [6, 6.07) is -0.0274. The minimum absolute atomic E-state index is 0.0250. The zero-order valence-electron chi connectivity index (χ0n) is 23.1. The van der Waals surface area contributed by atoms with Gasteiger partial charge in [0.1, 0.15) is 29.7 Å². The third-order valence-corrected chi connectivity index (χ3v) is 8.18. The average Bonchev–Trinajstić information content (AvgIpc) is 3.69. The minimum Gasteiger partial charge on any atom is -0.375 e. The maximum atomic E-state index is 13.8. The molecule has 0 radical (unpaired) electrons. The highest BCUT2D eigenvalue weighted by molar-refractivity contribution is 6.07. The van der Waals surface area contributed by atoms with E-state index in [2.05, 4.69) is 32.5 Å². The molecule has 2 saturated carbocycles. The summed E-state index contributed by atoms with van der Waals surface area (Å²) in [6.45, 7) is 4.33. The average molecular weight is 558 g/mol. The third kappa shape index (κ3) is 5.95. The van der Waals surface area contributed by atoms with Crippen molar-refractivity contribution in [2.45, 2.75) is 76.5 Å². The largest absolute Gasteiger partial charge is 0.375 e. The molecule has 4 unspecified atom stereocenters. The Morgan fingerprint density at radius 3 is 2.70 bits per heavy atom. The van der Waals surface area contributed by atoms with E-state index in [9.17, 15) is 18.4 Å². The summed E-state index contributed by atoms with van der Waals surface area (Å²) < 4.78 is 38.8. The van der Waals surface area contributed by atoms with Crippen LogP contribution >= 0.6 is 0 Å². The number of nitrogens with zero attached hydrogens (tertiary/aromatic N) is 2. The molecule has 2 aromatic heterocycles. The predicted octanol–water partition coefficient (Wildman–Crippen LogP) is 4.09. The van der Waals surface area contributed by atoms with E-state index >= 15 is 0 Å². The first kappa shape index (κ1) is 28.4. The molecule has 0 spiro atoms. The fraction of sp³-hybridized carbons (Fsp3) is 0.586. The van der Waals surface area contributed by atoms with Gasteiger partial charge >= 0.3 is 0 Å². The molecule has 40 heavy (non-hydrogen) atoms. The number of carbonyl (C=O) groups is 2. The quantitative estimate of drug-likeness (QED) is 0.405. The number of nitrogens with one attached hydrogen (secondary N) is 3. The number of methoxy groups -OCH3 is 1. The molecule has 0 aromatic carbocycles. The topological polar surface area (TPSA) is 118 Å². The van der Waals surface area contributed by atoms with Crippen molar-refractivity contribution in [2.75, 3.05) is 20.3 Å². The molecule has 0 aliphatic heterocycles. The first-order valence-corrected chi connectivity index (χ1v) is 13.9. The Bertz CT molecular complexity index is 1320. The van der Waals surface area contributed by atoms with Crippen molar-refractivity contribution in [1.29, 1.82) is 0 Å². The van der Waals surface area contributed by atoms with Crippen LogP contribution in [-0.4, -0.2) is 65.6 Å². The Balaban J connectivity index is 1.39. The molecule has 2 fully saturated rings. The van der Waals surface area contributed by atoms with E-state index in [1.165, 1.54) is 25.6 Å². The fourth-order valence-electron chi connectivity index (χ4n) is 5.87. The van der Waals surface area contributed by atoms with Crippen LogP contribution in [0.1, 0.15) is 67.2 Å². The number of H-pyrrole nitrogens is 1. The first-order valence-electron chi connectivity index (χ1n) is 13.9. The SMILES string of the molecule is COCC(=O)NC1CCC(NC(=O)c2c(C)[nH]c3c(C4(OCC5CC5)C=C(C(F)F)C=CC4)ncnc23)C(C)C1. The second-order valence-electron chi connectivity index (χ2n) is 11.3. The molecular weight excluding hydrogens is 520 g/mol. The lowest BCUT2D eigenvalue weighted by Gasteiger charge is -2.35. The molecule has 9 nitrogen and oxygen atoms in total. The molecule has 2 heterocycles. The molecule has 216 valence electrons. The second-order valence-corrected chi connectivity index (χ2v) is 11.3. The van der Waals surface area contributed by atoms with Gasteiger partial charge in [0, 0.05) is 36.9 Å². The predicted molar refractivity (Wildman–Crippen MR) is 145 cm³/mol. The highest BCUT2D eigenvalue weighted by atomic mass is 19.3. The maximum Gasteiger partial charge on any atom is 0.263 e. The first-order chi connectivity index (χ1) is 19.2. The second kappa shape index (κ2) is 11.7. The highest BCUT2D eigenvalue weighted by Gasteiger charge is 2.40. The van der Waals surface area contributed by atoms with E-state index in [0.29, 0.717) is 46.9 Å². The summed E-state index contributed by atoms with van der Waals surface area (Å²) in [5.41, 5.74) is 1.12. The monoisotopic (exact) mass is 557 g/mol. The van der Waals surface area contributed by atoms with Crippen LogP contribution in [-0.2, 0) is 19.9 Å². The van der Waals surface area contributed by atoms with Gasteiger partial charge in [-0.05, 0) is 56.9 Å². The van der Waals surface area contributed by atoms with Crippen molar-refractivity contribution in [1.82, 2.24) is 25.6 Å². The van der Waals surface area contributed by atoms with E-state index < -0.39 is 12.0 Å². The van der Waals surface area contributed by atoms with Gasteiger partial charge in [-0.3, -0.25) is 9.59 Å². The Morgan fingerprint density at radius 1 is 1.20 bits per heavy atom. The maximum absolute atomic E-state index is 13.8. The van der Waals surface area contributed by atoms with E-state index in [4.69, 9.17) is 9.47 Å². The van der Waals surface area contributed by atoms with Gasteiger partial charge in [-0.25, -0.2) is 18.7 Å². The Hall–Kier alpha value is -3.18. The highest BCUT2D eigenvalue weighted by Crippen LogP contribution is 2.42. The Kier molecular flexibility index (Phi) is 8.32. The van der Waals surface area contributed by atoms with Crippen LogP contribution in [0.5, 0.6) is 0 Å². The van der Waals surface area contributed by atoms with Crippen molar-refractivity contribution in [3.8, 4) is 0 Å². The van der Waals surface area contributed by atoms with Crippen LogP contribution in [0.3, 0.4) is 0 Å². The number of aromatic nitrogens is 3. The van der Waals surface area contributed by atoms with Crippen LogP contribution in [0.2, 0.25) is 0 Å². The third-order valence-electron chi connectivity index (χ3n) is 8.18. The van der Waals surface area contributed by atoms with Gasteiger partial charge in [0.05, 0.1) is 17.7 Å². The lowest BCUT2D eigenvalue weighted by Crippen LogP contribution is -2.48. The molecule has 11 heteroatoms. The zero-order chi connectivity index (χ0) is 28.4. The number of ether oxygens (including phenoxy) is 2. The van der Waals surface area contributed by atoms with Gasteiger partial charge in [-0.15, -0.1) is 0 Å². The van der Waals surface area contributed by atoms with Crippen LogP contribution in [0.25, 0.3) is 11.0 Å². The standard InChI is InChI=1S/C29H37F2N5O4/c1-16-11-20(35-22(37)14-39-3)8-9-21(16)36-28(38)23-17(2)34-25-24(23)32-15-33-26(25)29(40-13-18-6-7-18)10-4-5-19(12-29)27(30)31/h4-5,12,15-16,18,20-21,27,34H,6-11,13-14H2,1-3H3,(H,35,37)(H,36,38). The Morgan fingerprint density at radius 2 is 2.00 bits per heavy atom. The summed E-state index contributed by atoms with van der Waals surface area (Å²) in [4.78, 5) is 37.7. The number of rotatable bonds is 10. The fourth-order valence-corrected chi connectivity index (χ4v) is 5.87. The summed E-state index contributed by atoms with van der Waals surface area (Å²) >= 11 is 0. The van der Waals surface area contributed by atoms with Crippen molar-refractivity contribution >= 4 is 22.8 Å². The van der Waals surface area contributed by atoms with Gasteiger partial charge in [0.2, 0.25) is 5.91 Å². The van der Waals surface area contributed by atoms with Crippen LogP contribution in [0.4, 0.5) is 8.78 Å². The van der Waals surface area contributed by atoms with Crippen LogP contribution < -0.4 is 10.6 Å². The smallest absolute Gasteiger partial charge is 0.263 e. The van der Waals surface area contributed by atoms with Crippen LogP contribution in [0.15, 0.2) is 30.1 Å². The Labute approximate surface area is 232 Å². The van der Waals surface area contributed by atoms with Crippen molar-refractivity contribution in [2.24, 2.45) is 11.8 Å². The van der Waals surface area contributed by atoms with Gasteiger partial charge in [-0.2, -0.15) is 0 Å². The number of aryl methyl sites for hydroxylation is 1. The van der Waals surface area contributed by atoms with Gasteiger partial charge < -0.3 is 25.1 Å². The summed E-state index contributed by atoms with van der Waals surface area (Å²) in [6.07, 6.45) is 8.00. The zero-order valence-corrected chi connectivity index (χ0v) is 23.1. The molecule has 2 amide bonds. The molecule has 3 aliphatic rings. The van der Waals surface area contributed by atoms with Gasteiger partial charge in [0.15, 0.2) is 0 Å². The molecule has 3 N–H and O–H groups in total. The number of carbonyl (C=O) groups excluding carboxylic acids is 2. The van der Waals surface area contributed by atoms with Crippen molar-refractivity contribution in [3.05, 3.63) is 47.1 Å². The van der Waals surface area contributed by atoms with E-state index in [1.54, 1.807) is 13.0 Å². The summed E-state index contributed by atoms with van der Waals surface area (Å²) in [7, 11) is 1.49. The number of alkyl halides is 2. The molecule has 0 saturated heterocycles. The van der Waals surface area contributed by atoms with Crippen molar-refractivity contribution in [3.63, 3.8) is 0 Å². The van der Waals surface area contributed by atoms with E-state index in [1.807, 2.05) is 0 Å². The molecule has 3 aliphatic carbocycles. The number of allylic oxidation sites excluding steroid dienone is 2. The van der Waals surface area contributed by atoms with E-state index in [-0.39, 0.29) is 42.0 Å². The van der Waals surface area contributed by atoms with Crippen LogP contribution in [0, 0.1) is 18.8 Å². The number of fused-ring (bicyclic) bond motifs is 1. The molecule has 5 rings (SSSR count). The van der Waals surface area contributed by atoms with Gasteiger partial charge in [0.25, 0.3) is 12.3 Å². The number of hydrogen-bond acceptors (Lipinski definition) is 6. The lowest BCUT2D eigenvalue weighted by atomic mass is 9.82. The number of halogens is 2. The number of aromatic amines is 1. The number of amides is 2. The van der Waals surface area contributed by atoms with Crippen molar-refractivity contribution < 1.29 is 27.8 Å². The molecular formula is C29H37F2N5O4. The van der Waals surface area contributed by atoms with Gasteiger partial charge in [-0.1, -0.05) is 19.1 Å². The summed E-state index contributed by atoms with van der Waals surface area (Å²) in [5, 5.41) is 6.16. The molecule has 2 aromatic rings.